The third-order valence-corrected chi connectivity index (χ3v) is 1.53. The zero-order chi connectivity index (χ0) is 8.97. The Labute approximate surface area is 82.6 Å². The van der Waals surface area contributed by atoms with E-state index in [0.29, 0.717) is 5.76 Å². The summed E-state index contributed by atoms with van der Waals surface area (Å²) in [6, 6.07) is 0. The van der Waals surface area contributed by atoms with Crippen molar-refractivity contribution in [3.05, 3.63) is 24.3 Å². The molecule has 0 spiro atoms. The molecule has 1 aliphatic heterocycles. The van der Waals surface area contributed by atoms with Crippen LogP contribution in [0.1, 0.15) is 6.92 Å². The highest BCUT2D eigenvalue weighted by Gasteiger charge is 2.15. The molecule has 1 amide bonds. The molecule has 1 aliphatic rings. The van der Waals surface area contributed by atoms with Crippen molar-refractivity contribution in [2.45, 2.75) is 6.92 Å². The normalized spacial score (nSPS) is 16.2. The third kappa shape index (κ3) is 3.29. The molecule has 2 N–H and O–H groups in total. The lowest BCUT2D eigenvalue weighted by Gasteiger charge is -2.09. The summed E-state index contributed by atoms with van der Waals surface area (Å²) in [6.45, 7) is 1.68. The average molecular weight is 203 g/mol. The molecular formula is C8H11ClN2O2. The minimum Gasteiger partial charge on any atom is -0.467 e. The molecule has 0 bridgehead atoms. The first-order valence-corrected chi connectivity index (χ1v) is 3.56. The number of nitrogens with two attached hydrogens (primary N) is 1. The lowest BCUT2D eigenvalue weighted by Crippen LogP contribution is -2.22. The van der Waals surface area contributed by atoms with Gasteiger partial charge in [0, 0.05) is 6.21 Å². The van der Waals surface area contributed by atoms with Gasteiger partial charge in [-0.1, -0.05) is 0 Å². The lowest BCUT2D eigenvalue weighted by molar-refractivity contribution is -0.121. The monoisotopic (exact) mass is 202 g/mol. The van der Waals surface area contributed by atoms with E-state index in [1.807, 2.05) is 0 Å². The van der Waals surface area contributed by atoms with Crippen molar-refractivity contribution < 1.29 is 9.53 Å². The average Bonchev–Trinajstić information content (AvgIpc) is 2.30. The molecule has 72 valence electrons. The van der Waals surface area contributed by atoms with E-state index in [1.165, 1.54) is 12.5 Å². The molecule has 13 heavy (non-hydrogen) atoms. The van der Waals surface area contributed by atoms with Crippen LogP contribution in [0.3, 0.4) is 0 Å². The molecule has 0 aliphatic carbocycles. The maximum absolute atomic E-state index is 10.7. The Kier molecular flexibility index (Phi) is 4.84. The molecular weight excluding hydrogens is 192 g/mol. The van der Waals surface area contributed by atoms with Crippen LogP contribution in [-0.4, -0.2) is 12.1 Å². The second kappa shape index (κ2) is 5.37. The predicted octanol–water partition coefficient (Wildman–Crippen LogP) is 0.986. The van der Waals surface area contributed by atoms with Crippen LogP contribution < -0.4 is 5.73 Å². The van der Waals surface area contributed by atoms with Crippen molar-refractivity contribution >= 4 is 24.5 Å². The summed E-state index contributed by atoms with van der Waals surface area (Å²) >= 11 is 0. The first kappa shape index (κ1) is 11.7. The number of carbonyl (C=O) groups is 1. The van der Waals surface area contributed by atoms with E-state index in [1.54, 1.807) is 19.2 Å². The number of hydrogen-bond donors (Lipinski definition) is 1. The molecule has 1 unspecified atom stereocenters. The fourth-order valence-corrected chi connectivity index (χ4v) is 0.736. The fraction of sp³-hybridized carbons (Fsp3) is 0.250. The summed E-state index contributed by atoms with van der Waals surface area (Å²) in [5.41, 5.74) is 5.09. The standard InChI is InChI=1S/C8H10N2O2.ClH/c1-6(8(9)11)7-2-3-10-4-5-12-7;/h2-6H,1H3,(H2,9,11);1H. The summed E-state index contributed by atoms with van der Waals surface area (Å²) in [6.07, 6.45) is 6.08. The van der Waals surface area contributed by atoms with Crippen LogP contribution in [0.4, 0.5) is 0 Å². The summed E-state index contributed by atoms with van der Waals surface area (Å²) < 4.78 is 5.08. The van der Waals surface area contributed by atoms with Gasteiger partial charge in [-0.05, 0) is 13.0 Å². The van der Waals surface area contributed by atoms with Crippen LogP contribution in [0.25, 0.3) is 0 Å². The number of rotatable bonds is 2. The minimum atomic E-state index is -0.417. The Morgan fingerprint density at radius 2 is 2.38 bits per heavy atom. The second-order valence-corrected chi connectivity index (χ2v) is 2.39. The highest BCUT2D eigenvalue weighted by atomic mass is 35.5. The van der Waals surface area contributed by atoms with Gasteiger partial charge in [0.2, 0.25) is 5.91 Å². The number of halogens is 1. The van der Waals surface area contributed by atoms with Gasteiger partial charge in [0.15, 0.2) is 0 Å². The number of amides is 1. The third-order valence-electron chi connectivity index (χ3n) is 1.53. The van der Waals surface area contributed by atoms with Gasteiger partial charge in [0.25, 0.3) is 0 Å². The molecule has 0 aromatic rings. The van der Waals surface area contributed by atoms with Gasteiger partial charge in [-0.2, -0.15) is 0 Å². The lowest BCUT2D eigenvalue weighted by atomic mass is 10.1. The number of nitrogens with zero attached hydrogens (tertiary/aromatic N) is 1. The molecule has 1 rings (SSSR count). The molecule has 5 heteroatoms. The van der Waals surface area contributed by atoms with Crippen LogP contribution >= 0.6 is 12.4 Å². The highest BCUT2D eigenvalue weighted by Crippen LogP contribution is 2.12. The van der Waals surface area contributed by atoms with E-state index < -0.39 is 11.8 Å². The first-order chi connectivity index (χ1) is 5.72. The van der Waals surface area contributed by atoms with Crippen LogP contribution in [0.15, 0.2) is 29.3 Å². The number of primary amides is 1. The van der Waals surface area contributed by atoms with Gasteiger partial charge in [-0.25, -0.2) is 0 Å². The molecule has 0 radical (unpaired) electrons. The quantitative estimate of drug-likeness (QED) is 0.726. The van der Waals surface area contributed by atoms with Crippen molar-refractivity contribution in [3.63, 3.8) is 0 Å². The molecule has 1 atom stereocenters. The van der Waals surface area contributed by atoms with E-state index >= 15 is 0 Å². The molecule has 1 heterocycles. The zero-order valence-corrected chi connectivity index (χ0v) is 7.95. The molecule has 0 aromatic carbocycles. The van der Waals surface area contributed by atoms with Crippen molar-refractivity contribution in [1.82, 2.24) is 0 Å². The van der Waals surface area contributed by atoms with Crippen LogP contribution in [0.5, 0.6) is 0 Å². The van der Waals surface area contributed by atoms with E-state index in [9.17, 15) is 4.79 Å². The Balaban J connectivity index is 0.00000144. The van der Waals surface area contributed by atoms with E-state index in [0.717, 1.165) is 0 Å². The number of ether oxygens (including phenoxy) is 1. The minimum absolute atomic E-state index is 0. The van der Waals surface area contributed by atoms with Crippen molar-refractivity contribution in [2.24, 2.45) is 16.6 Å². The second-order valence-electron chi connectivity index (χ2n) is 2.39. The molecule has 4 nitrogen and oxygen atoms in total. The maximum Gasteiger partial charge on any atom is 0.227 e. The van der Waals surface area contributed by atoms with Gasteiger partial charge >= 0.3 is 0 Å². The Morgan fingerprint density at radius 1 is 1.69 bits per heavy atom. The maximum atomic E-state index is 10.7. The molecule has 0 saturated carbocycles. The topological polar surface area (TPSA) is 64.7 Å². The van der Waals surface area contributed by atoms with Crippen LogP contribution in [0, 0.1) is 5.92 Å². The number of hydrogen-bond acceptors (Lipinski definition) is 3. The number of allylic oxidation sites excluding steroid dienone is 1. The fourth-order valence-electron chi connectivity index (χ4n) is 0.736. The first-order valence-electron chi connectivity index (χ1n) is 3.56. The van der Waals surface area contributed by atoms with Crippen molar-refractivity contribution in [1.29, 1.82) is 0 Å². The Bertz CT molecular complexity index is 271. The smallest absolute Gasteiger partial charge is 0.227 e. The largest absolute Gasteiger partial charge is 0.467 e. The summed E-state index contributed by atoms with van der Waals surface area (Å²) in [5.74, 6) is -0.316. The zero-order valence-electron chi connectivity index (χ0n) is 7.14. The van der Waals surface area contributed by atoms with Crippen molar-refractivity contribution in [3.8, 4) is 0 Å². The summed E-state index contributed by atoms with van der Waals surface area (Å²) in [4.78, 5) is 14.5. The van der Waals surface area contributed by atoms with Crippen molar-refractivity contribution in [2.75, 3.05) is 0 Å². The summed E-state index contributed by atoms with van der Waals surface area (Å²) in [5, 5.41) is 0. The number of aliphatic imine (C=N–C) groups is 1. The van der Waals surface area contributed by atoms with Crippen LogP contribution in [0.2, 0.25) is 0 Å². The van der Waals surface area contributed by atoms with Gasteiger partial charge < -0.3 is 10.5 Å². The van der Waals surface area contributed by atoms with Gasteiger partial charge in [-0.15, -0.1) is 12.4 Å². The van der Waals surface area contributed by atoms with Gasteiger partial charge in [0.1, 0.15) is 12.0 Å². The number of carbonyl (C=O) groups excluding carboxylic acids is 1. The van der Waals surface area contributed by atoms with E-state index in [2.05, 4.69) is 4.99 Å². The Hall–Kier alpha value is -1.29. The SMILES string of the molecule is CC(C(N)=O)C1=CC=NC=CO1.Cl. The van der Waals surface area contributed by atoms with E-state index in [4.69, 9.17) is 10.5 Å². The Morgan fingerprint density at radius 3 is 3.00 bits per heavy atom. The van der Waals surface area contributed by atoms with E-state index in [-0.39, 0.29) is 12.4 Å². The molecule has 0 fully saturated rings. The highest BCUT2D eigenvalue weighted by molar-refractivity contribution is 5.85. The molecule has 0 aromatic heterocycles. The summed E-state index contributed by atoms with van der Waals surface area (Å²) in [7, 11) is 0. The van der Waals surface area contributed by atoms with Gasteiger partial charge in [-0.3, -0.25) is 9.79 Å². The molecule has 0 saturated heterocycles. The van der Waals surface area contributed by atoms with Crippen LogP contribution in [-0.2, 0) is 9.53 Å². The predicted molar refractivity (Wildman–Crippen MR) is 52.4 cm³/mol. The van der Waals surface area contributed by atoms with Gasteiger partial charge in [0.05, 0.1) is 12.1 Å².